The van der Waals surface area contributed by atoms with E-state index >= 15 is 0 Å². The van der Waals surface area contributed by atoms with Crippen molar-refractivity contribution < 1.29 is 18.8 Å². The van der Waals surface area contributed by atoms with Gasteiger partial charge in [0.25, 0.3) is 0 Å². The third-order valence-electron chi connectivity index (χ3n) is 5.63. The lowest BCUT2D eigenvalue weighted by Crippen LogP contribution is -2.41. The average molecular weight is 448 g/mol. The predicted octanol–water partition coefficient (Wildman–Crippen LogP) is 2.33. The summed E-state index contributed by atoms with van der Waals surface area (Å²) < 4.78 is 17.8. The molecule has 1 aliphatic heterocycles. The number of hydrogen-bond donors (Lipinski definition) is 0. The van der Waals surface area contributed by atoms with Crippen LogP contribution in [0.15, 0.2) is 47.0 Å². The number of benzene rings is 2. The SMILES string of the molecule is COc1cccc(Cc2nc(-c3ccc4c(c3)nnn4CCC(=O)N3CCOCC3)no2)c1. The normalized spacial score (nSPS) is 14.0. The quantitative estimate of drug-likeness (QED) is 0.424. The molecule has 1 fully saturated rings. The Bertz CT molecular complexity index is 1260. The molecule has 0 radical (unpaired) electrons. The van der Waals surface area contributed by atoms with Gasteiger partial charge in [0, 0.05) is 25.1 Å². The summed E-state index contributed by atoms with van der Waals surface area (Å²) in [6.45, 7) is 2.95. The molecule has 0 unspecified atom stereocenters. The molecule has 1 saturated heterocycles. The van der Waals surface area contributed by atoms with E-state index in [1.54, 1.807) is 11.8 Å². The molecular weight excluding hydrogens is 424 g/mol. The second-order valence-electron chi connectivity index (χ2n) is 7.80. The number of nitrogens with zero attached hydrogens (tertiary/aromatic N) is 6. The topological polar surface area (TPSA) is 108 Å². The largest absolute Gasteiger partial charge is 0.497 e. The van der Waals surface area contributed by atoms with Crippen LogP contribution in [-0.2, 0) is 22.5 Å². The van der Waals surface area contributed by atoms with Gasteiger partial charge in [0.15, 0.2) is 0 Å². The maximum atomic E-state index is 12.4. The van der Waals surface area contributed by atoms with Crippen LogP contribution in [0.4, 0.5) is 0 Å². The molecular formula is C23H24N6O4. The molecule has 2 aromatic carbocycles. The Labute approximate surface area is 190 Å². The van der Waals surface area contributed by atoms with Crippen molar-refractivity contribution in [3.63, 3.8) is 0 Å². The lowest BCUT2D eigenvalue weighted by atomic mass is 10.1. The summed E-state index contributed by atoms with van der Waals surface area (Å²) in [5.41, 5.74) is 3.38. The predicted molar refractivity (Wildman–Crippen MR) is 119 cm³/mol. The molecule has 0 atom stereocenters. The van der Waals surface area contributed by atoms with E-state index in [1.165, 1.54) is 0 Å². The maximum Gasteiger partial charge on any atom is 0.231 e. The van der Waals surface area contributed by atoms with E-state index in [4.69, 9.17) is 14.0 Å². The van der Waals surface area contributed by atoms with Crippen molar-refractivity contribution >= 4 is 16.9 Å². The molecule has 0 saturated carbocycles. The first kappa shape index (κ1) is 21.1. The number of aromatic nitrogens is 5. The second kappa shape index (κ2) is 9.37. The number of carbonyl (C=O) groups excluding carboxylic acids is 1. The van der Waals surface area contributed by atoms with Crippen LogP contribution in [0.3, 0.4) is 0 Å². The Kier molecular flexibility index (Phi) is 5.99. The van der Waals surface area contributed by atoms with E-state index in [-0.39, 0.29) is 5.91 Å². The first-order valence-corrected chi connectivity index (χ1v) is 10.8. The van der Waals surface area contributed by atoms with Gasteiger partial charge < -0.3 is 18.9 Å². The third-order valence-corrected chi connectivity index (χ3v) is 5.63. The summed E-state index contributed by atoms with van der Waals surface area (Å²) in [5.74, 6) is 1.90. The molecule has 33 heavy (non-hydrogen) atoms. The van der Waals surface area contributed by atoms with Gasteiger partial charge in [-0.25, -0.2) is 4.68 Å². The van der Waals surface area contributed by atoms with Gasteiger partial charge in [-0.2, -0.15) is 4.98 Å². The maximum absolute atomic E-state index is 12.4. The summed E-state index contributed by atoms with van der Waals surface area (Å²) in [6, 6.07) is 13.5. The zero-order valence-corrected chi connectivity index (χ0v) is 18.3. The Morgan fingerprint density at radius 2 is 2.03 bits per heavy atom. The number of amides is 1. The van der Waals surface area contributed by atoms with E-state index in [9.17, 15) is 4.79 Å². The Morgan fingerprint density at radius 1 is 1.15 bits per heavy atom. The molecule has 0 aliphatic carbocycles. The zero-order chi connectivity index (χ0) is 22.6. The Morgan fingerprint density at radius 3 is 2.88 bits per heavy atom. The smallest absolute Gasteiger partial charge is 0.231 e. The lowest BCUT2D eigenvalue weighted by molar-refractivity contribution is -0.135. The number of morpholine rings is 1. The van der Waals surface area contributed by atoms with Crippen LogP contribution in [-0.4, -0.2) is 69.4 Å². The van der Waals surface area contributed by atoms with Gasteiger partial charge in [0.1, 0.15) is 11.3 Å². The zero-order valence-electron chi connectivity index (χ0n) is 18.3. The number of ether oxygens (including phenoxy) is 2. The molecule has 0 spiro atoms. The van der Waals surface area contributed by atoms with Crippen LogP contribution in [0, 0.1) is 0 Å². The van der Waals surface area contributed by atoms with Crippen LogP contribution in [0.5, 0.6) is 5.75 Å². The molecule has 2 aromatic heterocycles. The van der Waals surface area contributed by atoms with Gasteiger partial charge in [-0.05, 0) is 35.9 Å². The van der Waals surface area contributed by atoms with Crippen molar-refractivity contribution in [1.29, 1.82) is 0 Å². The fourth-order valence-electron chi connectivity index (χ4n) is 3.85. The van der Waals surface area contributed by atoms with Gasteiger partial charge in [0.2, 0.25) is 17.6 Å². The summed E-state index contributed by atoms with van der Waals surface area (Å²) >= 11 is 0. The van der Waals surface area contributed by atoms with Crippen molar-refractivity contribution in [2.24, 2.45) is 0 Å². The van der Waals surface area contributed by atoms with Crippen molar-refractivity contribution in [2.75, 3.05) is 33.4 Å². The monoisotopic (exact) mass is 448 g/mol. The summed E-state index contributed by atoms with van der Waals surface area (Å²) in [6.07, 6.45) is 0.887. The summed E-state index contributed by atoms with van der Waals surface area (Å²) in [4.78, 5) is 18.8. The van der Waals surface area contributed by atoms with Crippen LogP contribution in [0.2, 0.25) is 0 Å². The van der Waals surface area contributed by atoms with E-state index in [0.717, 1.165) is 22.4 Å². The number of carbonyl (C=O) groups is 1. The minimum absolute atomic E-state index is 0.105. The highest BCUT2D eigenvalue weighted by Gasteiger charge is 2.18. The van der Waals surface area contributed by atoms with Crippen LogP contribution in [0.25, 0.3) is 22.4 Å². The number of methoxy groups -OCH3 is 1. The van der Waals surface area contributed by atoms with Gasteiger partial charge >= 0.3 is 0 Å². The highest BCUT2D eigenvalue weighted by atomic mass is 16.5. The summed E-state index contributed by atoms with van der Waals surface area (Å²) in [5, 5.41) is 12.6. The Balaban J connectivity index is 1.27. The fraction of sp³-hybridized carbons (Fsp3) is 0.348. The number of fused-ring (bicyclic) bond motifs is 1. The van der Waals surface area contributed by atoms with Crippen molar-refractivity contribution in [3.8, 4) is 17.1 Å². The number of hydrogen-bond acceptors (Lipinski definition) is 8. The molecule has 0 N–H and O–H groups in total. The third kappa shape index (κ3) is 4.70. The highest BCUT2D eigenvalue weighted by molar-refractivity contribution is 5.80. The second-order valence-corrected chi connectivity index (χ2v) is 7.80. The van der Waals surface area contributed by atoms with Crippen LogP contribution >= 0.6 is 0 Å². The van der Waals surface area contributed by atoms with Crippen LogP contribution < -0.4 is 4.74 Å². The average Bonchev–Trinajstić information content (AvgIpc) is 3.50. The van der Waals surface area contributed by atoms with Gasteiger partial charge in [0.05, 0.1) is 38.8 Å². The standard InChI is InChI=1S/C23H24N6O4/c1-31-18-4-2-3-16(13-18)14-21-24-23(26-33-21)17-5-6-20-19(15-17)25-27-29(20)8-7-22(30)28-9-11-32-12-10-28/h2-6,13,15H,7-12,14H2,1H3. The minimum atomic E-state index is 0.105. The molecule has 5 rings (SSSR count). The number of rotatable bonds is 7. The fourth-order valence-corrected chi connectivity index (χ4v) is 3.85. The molecule has 1 aliphatic rings. The molecule has 170 valence electrons. The molecule has 10 nitrogen and oxygen atoms in total. The molecule has 10 heteroatoms. The van der Waals surface area contributed by atoms with E-state index < -0.39 is 0 Å². The van der Waals surface area contributed by atoms with Gasteiger partial charge in [-0.1, -0.05) is 22.5 Å². The van der Waals surface area contributed by atoms with Crippen molar-refractivity contribution in [1.82, 2.24) is 30.0 Å². The Hall–Kier alpha value is -3.79. The minimum Gasteiger partial charge on any atom is -0.497 e. The molecule has 0 bridgehead atoms. The van der Waals surface area contributed by atoms with Crippen LogP contribution in [0.1, 0.15) is 17.9 Å². The molecule has 3 heterocycles. The van der Waals surface area contributed by atoms with Crippen molar-refractivity contribution in [2.45, 2.75) is 19.4 Å². The van der Waals surface area contributed by atoms with E-state index in [2.05, 4.69) is 20.5 Å². The van der Waals surface area contributed by atoms with Gasteiger partial charge in [-0.3, -0.25) is 4.79 Å². The molecule has 1 amide bonds. The van der Waals surface area contributed by atoms with Crippen molar-refractivity contribution in [3.05, 3.63) is 53.9 Å². The van der Waals surface area contributed by atoms with E-state index in [1.807, 2.05) is 47.4 Å². The molecule has 4 aromatic rings. The lowest BCUT2D eigenvalue weighted by Gasteiger charge is -2.26. The first-order chi connectivity index (χ1) is 16.2. The van der Waals surface area contributed by atoms with E-state index in [0.29, 0.717) is 62.9 Å². The summed E-state index contributed by atoms with van der Waals surface area (Å²) in [7, 11) is 1.64. The number of aryl methyl sites for hydroxylation is 1. The van der Waals surface area contributed by atoms with Gasteiger partial charge in [-0.15, -0.1) is 5.10 Å². The highest BCUT2D eigenvalue weighted by Crippen LogP contribution is 2.23. The first-order valence-electron chi connectivity index (χ1n) is 10.8.